The van der Waals surface area contributed by atoms with Gasteiger partial charge in [0.2, 0.25) is 0 Å². The molecule has 2 atom stereocenters. The number of methoxy groups -OCH3 is 1. The van der Waals surface area contributed by atoms with Gasteiger partial charge in [0.1, 0.15) is 0 Å². The summed E-state index contributed by atoms with van der Waals surface area (Å²) < 4.78 is 4.70. The molecule has 0 aromatic heterocycles. The maximum absolute atomic E-state index is 11.4. The molecule has 3 nitrogen and oxygen atoms in total. The summed E-state index contributed by atoms with van der Waals surface area (Å²) in [4.78, 5) is 11.4. The van der Waals surface area contributed by atoms with Crippen molar-refractivity contribution in [1.29, 1.82) is 0 Å². The molecule has 3 heteroatoms. The van der Waals surface area contributed by atoms with Crippen LogP contribution in [-0.2, 0) is 4.74 Å². The maximum Gasteiger partial charge on any atom is 0.337 e. The van der Waals surface area contributed by atoms with Crippen LogP contribution in [0.3, 0.4) is 0 Å². The molecule has 1 aromatic rings. The minimum Gasteiger partial charge on any atom is -0.465 e. The van der Waals surface area contributed by atoms with E-state index in [0.717, 1.165) is 12.5 Å². The van der Waals surface area contributed by atoms with E-state index in [2.05, 4.69) is 12.2 Å². The van der Waals surface area contributed by atoms with E-state index in [1.165, 1.54) is 31.9 Å². The molecule has 0 aliphatic carbocycles. The molecule has 1 fully saturated rings. The predicted molar refractivity (Wildman–Crippen MR) is 71.5 cm³/mol. The highest BCUT2D eigenvalue weighted by Crippen LogP contribution is 2.29. The molecule has 1 aliphatic heterocycles. The Morgan fingerprint density at radius 2 is 2.11 bits per heavy atom. The first-order valence-electron chi connectivity index (χ1n) is 6.66. The van der Waals surface area contributed by atoms with Gasteiger partial charge in [-0.05, 0) is 43.0 Å². The monoisotopic (exact) mass is 247 g/mol. The van der Waals surface area contributed by atoms with E-state index in [4.69, 9.17) is 4.74 Å². The maximum atomic E-state index is 11.4. The van der Waals surface area contributed by atoms with Gasteiger partial charge in [0, 0.05) is 6.04 Å². The van der Waals surface area contributed by atoms with Crippen molar-refractivity contribution in [1.82, 2.24) is 5.32 Å². The highest BCUT2D eigenvalue weighted by Gasteiger charge is 2.21. The number of nitrogens with one attached hydrogen (secondary N) is 1. The Balaban J connectivity index is 2.07. The Bertz CT molecular complexity index is 399. The molecule has 0 amide bonds. The van der Waals surface area contributed by atoms with Crippen molar-refractivity contribution in [2.45, 2.75) is 32.2 Å². The molecule has 1 saturated heterocycles. The van der Waals surface area contributed by atoms with Crippen LogP contribution in [0.2, 0.25) is 0 Å². The summed E-state index contributed by atoms with van der Waals surface area (Å²) in [6.45, 7) is 3.34. The number of hydrogen-bond donors (Lipinski definition) is 1. The third kappa shape index (κ3) is 2.91. The lowest BCUT2D eigenvalue weighted by Gasteiger charge is -2.30. The van der Waals surface area contributed by atoms with Crippen LogP contribution in [0.1, 0.15) is 48.1 Å². The molecule has 18 heavy (non-hydrogen) atoms. The molecule has 98 valence electrons. The van der Waals surface area contributed by atoms with Gasteiger partial charge < -0.3 is 10.1 Å². The number of ether oxygens (including phenoxy) is 1. The SMILES string of the molecule is CC[C@H]1CCN[C@H](c2ccc(C(=O)OC)cc2)C1. The zero-order valence-electron chi connectivity index (χ0n) is 11.1. The van der Waals surface area contributed by atoms with E-state index >= 15 is 0 Å². The van der Waals surface area contributed by atoms with Crippen molar-refractivity contribution >= 4 is 5.97 Å². The summed E-state index contributed by atoms with van der Waals surface area (Å²) in [6.07, 6.45) is 3.71. The van der Waals surface area contributed by atoms with Gasteiger partial charge in [-0.1, -0.05) is 25.5 Å². The van der Waals surface area contributed by atoms with Gasteiger partial charge in [0.05, 0.1) is 12.7 Å². The first-order valence-corrected chi connectivity index (χ1v) is 6.66. The lowest BCUT2D eigenvalue weighted by Crippen LogP contribution is -2.31. The summed E-state index contributed by atoms with van der Waals surface area (Å²) in [6, 6.07) is 8.18. The number of piperidine rings is 1. The number of carbonyl (C=O) groups excluding carboxylic acids is 1. The van der Waals surface area contributed by atoms with Crippen molar-refractivity contribution in [2.24, 2.45) is 5.92 Å². The molecule has 0 radical (unpaired) electrons. The van der Waals surface area contributed by atoms with Gasteiger partial charge in [0.15, 0.2) is 0 Å². The second kappa shape index (κ2) is 6.01. The van der Waals surface area contributed by atoms with Gasteiger partial charge in [0.25, 0.3) is 0 Å². The van der Waals surface area contributed by atoms with E-state index in [0.29, 0.717) is 11.6 Å². The Morgan fingerprint density at radius 3 is 2.72 bits per heavy atom. The highest BCUT2D eigenvalue weighted by atomic mass is 16.5. The molecule has 1 aromatic carbocycles. The van der Waals surface area contributed by atoms with Crippen LogP contribution in [0.4, 0.5) is 0 Å². The van der Waals surface area contributed by atoms with Gasteiger partial charge >= 0.3 is 5.97 Å². The van der Waals surface area contributed by atoms with E-state index in [9.17, 15) is 4.79 Å². The Morgan fingerprint density at radius 1 is 1.39 bits per heavy atom. The average molecular weight is 247 g/mol. The number of esters is 1. The zero-order valence-corrected chi connectivity index (χ0v) is 11.1. The molecule has 2 rings (SSSR count). The van der Waals surface area contributed by atoms with Crippen LogP contribution in [0.5, 0.6) is 0 Å². The topological polar surface area (TPSA) is 38.3 Å². The third-order valence-corrected chi connectivity index (χ3v) is 3.82. The van der Waals surface area contributed by atoms with Crippen molar-refractivity contribution in [3.63, 3.8) is 0 Å². The standard InChI is InChI=1S/C15H21NO2/c1-3-11-8-9-16-14(10-11)12-4-6-13(7-5-12)15(17)18-2/h4-7,11,14,16H,3,8-10H2,1-2H3/t11-,14-/m0/s1. The fourth-order valence-corrected chi connectivity index (χ4v) is 2.59. The van der Waals surface area contributed by atoms with Crippen LogP contribution < -0.4 is 5.32 Å². The summed E-state index contributed by atoms with van der Waals surface area (Å²) in [5.41, 5.74) is 1.88. The van der Waals surface area contributed by atoms with Crippen LogP contribution in [0, 0.1) is 5.92 Å². The fourth-order valence-electron chi connectivity index (χ4n) is 2.59. The lowest BCUT2D eigenvalue weighted by molar-refractivity contribution is 0.0600. The molecule has 0 saturated carbocycles. The summed E-state index contributed by atoms with van der Waals surface area (Å²) in [5, 5.41) is 3.55. The second-order valence-electron chi connectivity index (χ2n) is 4.92. The molecule has 0 unspecified atom stereocenters. The smallest absolute Gasteiger partial charge is 0.337 e. The highest BCUT2D eigenvalue weighted by molar-refractivity contribution is 5.89. The van der Waals surface area contributed by atoms with E-state index in [1.807, 2.05) is 24.3 Å². The fraction of sp³-hybridized carbons (Fsp3) is 0.533. The number of hydrogen-bond acceptors (Lipinski definition) is 3. The van der Waals surface area contributed by atoms with Crippen LogP contribution in [0.25, 0.3) is 0 Å². The minimum absolute atomic E-state index is 0.274. The predicted octanol–water partition coefficient (Wildman–Crippen LogP) is 2.92. The number of carbonyl (C=O) groups is 1. The molecular weight excluding hydrogens is 226 g/mol. The quantitative estimate of drug-likeness (QED) is 0.835. The average Bonchev–Trinajstić information content (AvgIpc) is 2.46. The number of benzene rings is 1. The van der Waals surface area contributed by atoms with Crippen LogP contribution in [-0.4, -0.2) is 19.6 Å². The molecule has 1 aliphatic rings. The van der Waals surface area contributed by atoms with Gasteiger partial charge in [-0.15, -0.1) is 0 Å². The van der Waals surface area contributed by atoms with Crippen molar-refractivity contribution in [2.75, 3.05) is 13.7 Å². The van der Waals surface area contributed by atoms with Crippen molar-refractivity contribution in [3.8, 4) is 0 Å². The lowest BCUT2D eigenvalue weighted by atomic mass is 9.87. The van der Waals surface area contributed by atoms with Gasteiger partial charge in [-0.3, -0.25) is 0 Å². The summed E-state index contributed by atoms with van der Waals surface area (Å²) >= 11 is 0. The normalized spacial score (nSPS) is 23.7. The van der Waals surface area contributed by atoms with Gasteiger partial charge in [-0.25, -0.2) is 4.79 Å². The summed E-state index contributed by atoms with van der Waals surface area (Å²) in [7, 11) is 1.41. The molecule has 0 bridgehead atoms. The largest absolute Gasteiger partial charge is 0.465 e. The Kier molecular flexibility index (Phi) is 4.37. The zero-order chi connectivity index (χ0) is 13.0. The Labute approximate surface area is 109 Å². The van der Waals surface area contributed by atoms with E-state index in [-0.39, 0.29) is 5.97 Å². The van der Waals surface area contributed by atoms with Crippen molar-refractivity contribution < 1.29 is 9.53 Å². The molecule has 1 heterocycles. The second-order valence-corrected chi connectivity index (χ2v) is 4.92. The summed E-state index contributed by atoms with van der Waals surface area (Å²) in [5.74, 6) is 0.543. The van der Waals surface area contributed by atoms with Gasteiger partial charge in [-0.2, -0.15) is 0 Å². The molecule has 0 spiro atoms. The van der Waals surface area contributed by atoms with Crippen LogP contribution >= 0.6 is 0 Å². The van der Waals surface area contributed by atoms with Crippen LogP contribution in [0.15, 0.2) is 24.3 Å². The first-order chi connectivity index (χ1) is 8.74. The van der Waals surface area contributed by atoms with E-state index in [1.54, 1.807) is 0 Å². The number of rotatable bonds is 3. The Hall–Kier alpha value is -1.35. The minimum atomic E-state index is -0.274. The first kappa shape index (κ1) is 13.1. The molecule has 1 N–H and O–H groups in total. The molecular formula is C15H21NO2. The van der Waals surface area contributed by atoms with E-state index < -0.39 is 0 Å². The van der Waals surface area contributed by atoms with Crippen molar-refractivity contribution in [3.05, 3.63) is 35.4 Å². The third-order valence-electron chi connectivity index (χ3n) is 3.82.